The number of para-hydroxylation sites is 2. The molecule has 0 fully saturated rings. The molecule has 1 aliphatic rings. The van der Waals surface area contributed by atoms with Crippen LogP contribution in [0.15, 0.2) is 72.8 Å². The fraction of sp³-hybridized carbons (Fsp3) is 0.343. The molecule has 6 rings (SSSR count). The van der Waals surface area contributed by atoms with Gasteiger partial charge >= 0.3 is 5.97 Å². The molecule has 4 heteroatoms. The Hall–Kier alpha value is -3.79. The average Bonchev–Trinajstić information content (AvgIpc) is 3.51. The van der Waals surface area contributed by atoms with Crippen LogP contribution >= 0.6 is 0 Å². The van der Waals surface area contributed by atoms with Crippen molar-refractivity contribution >= 4 is 27.8 Å². The van der Waals surface area contributed by atoms with Crippen molar-refractivity contribution in [3.05, 3.63) is 106 Å². The molecule has 4 nitrogen and oxygen atoms in total. The Morgan fingerprint density at radius 3 is 2.08 bits per heavy atom. The number of hydrogen-bond acceptors (Lipinski definition) is 2. The van der Waals surface area contributed by atoms with Crippen LogP contribution in [0.5, 0.6) is 0 Å². The average molecular weight is 519 g/mol. The minimum Gasteiger partial charge on any atom is -0.440 e. The van der Waals surface area contributed by atoms with E-state index in [1.54, 1.807) is 0 Å². The number of fused-ring (bicyclic) bond motifs is 3. The van der Waals surface area contributed by atoms with Crippen molar-refractivity contribution in [2.45, 2.75) is 71.4 Å². The van der Waals surface area contributed by atoms with Crippen molar-refractivity contribution in [2.75, 3.05) is 0 Å². The molecule has 200 valence electrons. The van der Waals surface area contributed by atoms with Gasteiger partial charge in [0.1, 0.15) is 0 Å². The summed E-state index contributed by atoms with van der Waals surface area (Å²) in [6.45, 7) is 7.58. The molecule has 3 aromatic carbocycles. The van der Waals surface area contributed by atoms with Gasteiger partial charge in [0.25, 0.3) is 0 Å². The summed E-state index contributed by atoms with van der Waals surface area (Å²) >= 11 is 0. The third kappa shape index (κ3) is 3.83. The molecule has 0 saturated carbocycles. The lowest BCUT2D eigenvalue weighted by Gasteiger charge is -2.31. The Morgan fingerprint density at radius 2 is 1.31 bits per heavy atom. The second-order valence-electron chi connectivity index (χ2n) is 11.0. The number of aromatic nitrogens is 2. The SMILES string of the molecule is CCCCCCCCn1c(C)c(C2(c3c(C)n(C)c4ccccc34)OC(=O)c3ccccc32)c2ccccc21. The van der Waals surface area contributed by atoms with Crippen LogP contribution in [0.3, 0.4) is 0 Å². The molecule has 0 N–H and O–H groups in total. The highest BCUT2D eigenvalue weighted by Crippen LogP contribution is 2.53. The van der Waals surface area contributed by atoms with Crippen molar-refractivity contribution in [3.63, 3.8) is 0 Å². The minimum absolute atomic E-state index is 0.259. The van der Waals surface area contributed by atoms with E-state index in [0.717, 1.165) is 51.6 Å². The highest BCUT2D eigenvalue weighted by molar-refractivity contribution is 6.01. The Morgan fingerprint density at radius 1 is 0.718 bits per heavy atom. The quantitative estimate of drug-likeness (QED) is 0.145. The molecule has 0 bridgehead atoms. The van der Waals surface area contributed by atoms with E-state index in [1.807, 2.05) is 18.2 Å². The van der Waals surface area contributed by atoms with Crippen LogP contribution in [-0.4, -0.2) is 15.1 Å². The molecule has 3 heterocycles. The van der Waals surface area contributed by atoms with Crippen molar-refractivity contribution < 1.29 is 9.53 Å². The number of esters is 1. The highest BCUT2D eigenvalue weighted by atomic mass is 16.6. The number of nitrogens with zero attached hydrogens (tertiary/aromatic N) is 2. The highest BCUT2D eigenvalue weighted by Gasteiger charge is 2.53. The summed E-state index contributed by atoms with van der Waals surface area (Å²) in [6.07, 6.45) is 7.53. The van der Waals surface area contributed by atoms with E-state index < -0.39 is 5.60 Å². The zero-order valence-corrected chi connectivity index (χ0v) is 23.6. The van der Waals surface area contributed by atoms with Gasteiger partial charge in [0.15, 0.2) is 5.60 Å². The lowest BCUT2D eigenvalue weighted by molar-refractivity contribution is 0.0255. The fourth-order valence-electron chi connectivity index (χ4n) is 6.89. The van der Waals surface area contributed by atoms with E-state index in [2.05, 4.69) is 91.6 Å². The van der Waals surface area contributed by atoms with Crippen LogP contribution in [0.4, 0.5) is 0 Å². The molecule has 1 unspecified atom stereocenters. The first kappa shape index (κ1) is 25.5. The Kier molecular flexibility index (Phi) is 6.58. The van der Waals surface area contributed by atoms with Crippen molar-refractivity contribution in [1.82, 2.24) is 9.13 Å². The van der Waals surface area contributed by atoms with Gasteiger partial charge in [0.05, 0.1) is 5.56 Å². The third-order valence-electron chi connectivity index (χ3n) is 8.84. The van der Waals surface area contributed by atoms with Gasteiger partial charge in [-0.05, 0) is 38.5 Å². The lowest BCUT2D eigenvalue weighted by atomic mass is 9.77. The summed E-state index contributed by atoms with van der Waals surface area (Å²) in [4.78, 5) is 13.6. The monoisotopic (exact) mass is 518 g/mol. The summed E-state index contributed by atoms with van der Waals surface area (Å²) in [7, 11) is 2.10. The zero-order chi connectivity index (χ0) is 27.1. The molecule has 1 aliphatic heterocycles. The minimum atomic E-state index is -1.03. The van der Waals surface area contributed by atoms with Gasteiger partial charge in [-0.25, -0.2) is 4.79 Å². The first-order valence-electron chi connectivity index (χ1n) is 14.5. The first-order valence-corrected chi connectivity index (χ1v) is 14.5. The van der Waals surface area contributed by atoms with Crippen LogP contribution in [0, 0.1) is 13.8 Å². The smallest absolute Gasteiger partial charge is 0.340 e. The first-order chi connectivity index (χ1) is 19.0. The molecule has 0 amide bonds. The van der Waals surface area contributed by atoms with E-state index in [4.69, 9.17) is 4.74 Å². The fourth-order valence-corrected chi connectivity index (χ4v) is 6.89. The predicted octanol–water partition coefficient (Wildman–Crippen LogP) is 8.57. The molecule has 1 atom stereocenters. The number of carbonyl (C=O) groups excluding carboxylic acids is 1. The largest absolute Gasteiger partial charge is 0.440 e. The van der Waals surface area contributed by atoms with Gasteiger partial charge in [0.2, 0.25) is 0 Å². The van der Waals surface area contributed by atoms with Crippen LogP contribution < -0.4 is 0 Å². The van der Waals surface area contributed by atoms with E-state index in [9.17, 15) is 4.79 Å². The summed E-state index contributed by atoms with van der Waals surface area (Å²) in [5.41, 5.74) is 7.31. The van der Waals surface area contributed by atoms with Crippen LogP contribution in [0.2, 0.25) is 0 Å². The molecule has 2 aromatic heterocycles. The second kappa shape index (κ2) is 10.1. The van der Waals surface area contributed by atoms with Crippen molar-refractivity contribution in [1.29, 1.82) is 0 Å². The van der Waals surface area contributed by atoms with Crippen molar-refractivity contribution in [3.8, 4) is 0 Å². The second-order valence-corrected chi connectivity index (χ2v) is 11.0. The number of unbranched alkanes of at least 4 members (excludes halogenated alkanes) is 5. The molecular formula is C35H38N2O2. The summed E-state index contributed by atoms with van der Waals surface area (Å²) < 4.78 is 11.4. The van der Waals surface area contributed by atoms with Gasteiger partial charge in [-0.1, -0.05) is 93.6 Å². The number of cyclic esters (lactones) is 1. The van der Waals surface area contributed by atoms with Crippen molar-refractivity contribution in [2.24, 2.45) is 7.05 Å². The number of hydrogen-bond donors (Lipinski definition) is 0. The number of benzene rings is 3. The standard InChI is InChI=1S/C35H38N2O2/c1-5-6-7-8-9-16-23-37-25(3)33(28-19-12-15-22-31(28)37)35(29-20-13-10-17-26(29)34(38)39-35)32-24(2)36(4)30-21-14-11-18-27(30)32/h10-15,17-22H,5-9,16,23H2,1-4H3. The molecule has 0 radical (unpaired) electrons. The maximum absolute atomic E-state index is 13.6. The van der Waals surface area contributed by atoms with E-state index in [0.29, 0.717) is 5.56 Å². The maximum atomic E-state index is 13.6. The molecule has 0 saturated heterocycles. The van der Waals surface area contributed by atoms with E-state index in [1.165, 1.54) is 43.3 Å². The lowest BCUT2D eigenvalue weighted by Crippen LogP contribution is -2.31. The Balaban J connectivity index is 1.62. The number of rotatable bonds is 9. The topological polar surface area (TPSA) is 36.2 Å². The number of carbonyl (C=O) groups is 1. The summed E-state index contributed by atoms with van der Waals surface area (Å²) in [5, 5.41) is 2.27. The van der Waals surface area contributed by atoms with Gasteiger partial charge in [-0.15, -0.1) is 0 Å². The van der Waals surface area contributed by atoms with Gasteiger partial charge < -0.3 is 13.9 Å². The Labute approximate surface area is 231 Å². The van der Waals surface area contributed by atoms with E-state index in [-0.39, 0.29) is 5.97 Å². The predicted molar refractivity (Wildman–Crippen MR) is 159 cm³/mol. The summed E-state index contributed by atoms with van der Waals surface area (Å²) in [5.74, 6) is -0.259. The van der Waals surface area contributed by atoms with Crippen LogP contribution in [0.1, 0.15) is 83.9 Å². The maximum Gasteiger partial charge on any atom is 0.340 e. The Bertz CT molecular complexity index is 1690. The number of ether oxygens (including phenoxy) is 1. The van der Waals surface area contributed by atoms with E-state index >= 15 is 0 Å². The molecule has 39 heavy (non-hydrogen) atoms. The normalized spacial score (nSPS) is 16.8. The summed E-state index contributed by atoms with van der Waals surface area (Å²) in [6, 6.07) is 25.1. The third-order valence-corrected chi connectivity index (χ3v) is 8.84. The van der Waals surface area contributed by atoms with Crippen LogP contribution in [-0.2, 0) is 23.9 Å². The van der Waals surface area contributed by atoms with Gasteiger partial charge in [0, 0.05) is 63.5 Å². The molecular weight excluding hydrogens is 480 g/mol. The van der Waals surface area contributed by atoms with Crippen LogP contribution in [0.25, 0.3) is 21.8 Å². The zero-order valence-electron chi connectivity index (χ0n) is 23.6. The molecule has 0 aliphatic carbocycles. The molecule has 5 aromatic rings. The van der Waals surface area contributed by atoms with Gasteiger partial charge in [-0.2, -0.15) is 0 Å². The molecule has 0 spiro atoms. The van der Waals surface area contributed by atoms with Gasteiger partial charge in [-0.3, -0.25) is 0 Å². The number of aryl methyl sites for hydroxylation is 2.